The monoisotopic (exact) mass is 143 g/mol. The zero-order chi connectivity index (χ0) is 7.56. The zero-order valence-electron chi connectivity index (χ0n) is 6.13. The largest absolute Gasteiger partial charge is 0.351 e. The lowest BCUT2D eigenvalue weighted by Gasteiger charge is -2.20. The molecule has 4 nitrogen and oxygen atoms in total. The molecule has 1 saturated heterocycles. The van der Waals surface area contributed by atoms with Crippen LogP contribution in [0.25, 0.3) is 0 Å². The second kappa shape index (κ2) is 2.88. The van der Waals surface area contributed by atoms with E-state index >= 15 is 0 Å². The molecular weight excluding hydrogens is 130 g/mol. The minimum Gasteiger partial charge on any atom is -0.351 e. The van der Waals surface area contributed by atoms with Gasteiger partial charge in [-0.25, -0.2) is 4.79 Å². The van der Waals surface area contributed by atoms with Crippen LogP contribution in [0.3, 0.4) is 0 Å². The molecule has 1 aliphatic rings. The van der Waals surface area contributed by atoms with Crippen LogP contribution < -0.4 is 11.1 Å². The van der Waals surface area contributed by atoms with Crippen molar-refractivity contribution in [3.05, 3.63) is 0 Å². The van der Waals surface area contributed by atoms with Crippen LogP contribution in [-0.4, -0.2) is 37.1 Å². The molecule has 0 spiro atoms. The normalized spacial score (nSPS) is 24.7. The molecule has 2 amide bonds. The van der Waals surface area contributed by atoms with E-state index in [0.29, 0.717) is 6.04 Å². The van der Waals surface area contributed by atoms with Gasteiger partial charge in [-0.05, 0) is 13.0 Å². The van der Waals surface area contributed by atoms with Crippen molar-refractivity contribution in [2.45, 2.75) is 12.5 Å². The Kier molecular flexibility index (Phi) is 2.11. The number of amides is 2. The number of hydrogen-bond donors (Lipinski definition) is 2. The highest BCUT2D eigenvalue weighted by Gasteiger charge is 2.20. The summed E-state index contributed by atoms with van der Waals surface area (Å²) in [7, 11) is 1.74. The molecule has 1 fully saturated rings. The Morgan fingerprint density at radius 1 is 1.80 bits per heavy atom. The summed E-state index contributed by atoms with van der Waals surface area (Å²) in [5.41, 5.74) is 5.08. The van der Waals surface area contributed by atoms with E-state index in [1.807, 2.05) is 0 Å². The molecule has 58 valence electrons. The number of likely N-dealkylation sites (N-methyl/N-ethyl adjacent to an activating group) is 1. The van der Waals surface area contributed by atoms with Gasteiger partial charge in [0.25, 0.3) is 0 Å². The zero-order valence-corrected chi connectivity index (χ0v) is 6.13. The third kappa shape index (κ3) is 1.39. The van der Waals surface area contributed by atoms with Gasteiger partial charge >= 0.3 is 6.03 Å². The summed E-state index contributed by atoms with van der Waals surface area (Å²) >= 11 is 0. The van der Waals surface area contributed by atoms with Gasteiger partial charge in [0.2, 0.25) is 0 Å². The van der Waals surface area contributed by atoms with E-state index in [1.54, 1.807) is 11.9 Å². The second-order valence-corrected chi connectivity index (χ2v) is 2.60. The van der Waals surface area contributed by atoms with Crippen molar-refractivity contribution in [1.82, 2.24) is 10.2 Å². The topological polar surface area (TPSA) is 58.4 Å². The van der Waals surface area contributed by atoms with Crippen LogP contribution in [0.4, 0.5) is 4.79 Å². The van der Waals surface area contributed by atoms with Gasteiger partial charge in [-0.2, -0.15) is 0 Å². The van der Waals surface area contributed by atoms with Gasteiger partial charge in [0.15, 0.2) is 0 Å². The first-order valence-electron chi connectivity index (χ1n) is 3.45. The third-order valence-electron chi connectivity index (χ3n) is 1.93. The Hall–Kier alpha value is -0.770. The van der Waals surface area contributed by atoms with E-state index in [-0.39, 0.29) is 6.03 Å². The van der Waals surface area contributed by atoms with Gasteiger partial charge in [-0.15, -0.1) is 0 Å². The maximum absolute atomic E-state index is 10.6. The van der Waals surface area contributed by atoms with Crippen LogP contribution in [0.2, 0.25) is 0 Å². The van der Waals surface area contributed by atoms with Crippen molar-refractivity contribution in [3.8, 4) is 0 Å². The highest BCUT2D eigenvalue weighted by Crippen LogP contribution is 2.04. The highest BCUT2D eigenvalue weighted by molar-refractivity contribution is 5.72. The molecule has 1 atom stereocenters. The quantitative estimate of drug-likeness (QED) is 0.513. The first-order chi connectivity index (χ1) is 4.72. The van der Waals surface area contributed by atoms with E-state index in [4.69, 9.17) is 5.73 Å². The first-order valence-corrected chi connectivity index (χ1v) is 3.45. The van der Waals surface area contributed by atoms with Crippen molar-refractivity contribution in [3.63, 3.8) is 0 Å². The summed E-state index contributed by atoms with van der Waals surface area (Å²) in [6, 6.07) is -0.0359. The molecule has 0 radical (unpaired) electrons. The molecule has 1 rings (SSSR count). The Bertz CT molecular complexity index is 131. The lowest BCUT2D eigenvalue weighted by Crippen LogP contribution is -2.41. The van der Waals surface area contributed by atoms with Crippen molar-refractivity contribution >= 4 is 6.03 Å². The van der Waals surface area contributed by atoms with Crippen LogP contribution in [0.1, 0.15) is 6.42 Å². The number of hydrogen-bond acceptors (Lipinski definition) is 2. The molecule has 0 saturated carbocycles. The fourth-order valence-electron chi connectivity index (χ4n) is 1.15. The van der Waals surface area contributed by atoms with Crippen molar-refractivity contribution in [2.75, 3.05) is 20.1 Å². The van der Waals surface area contributed by atoms with E-state index in [1.165, 1.54) is 0 Å². The molecule has 0 bridgehead atoms. The van der Waals surface area contributed by atoms with Gasteiger partial charge in [-0.3, -0.25) is 0 Å². The number of nitrogens with zero attached hydrogens (tertiary/aromatic N) is 1. The molecule has 0 aromatic heterocycles. The summed E-state index contributed by atoms with van der Waals surface area (Å²) in [5, 5.41) is 3.16. The van der Waals surface area contributed by atoms with Gasteiger partial charge in [0.05, 0.1) is 0 Å². The van der Waals surface area contributed by atoms with Crippen LogP contribution in [0.15, 0.2) is 0 Å². The molecule has 10 heavy (non-hydrogen) atoms. The van der Waals surface area contributed by atoms with E-state index in [9.17, 15) is 4.79 Å². The van der Waals surface area contributed by atoms with Crippen molar-refractivity contribution < 1.29 is 4.79 Å². The molecular formula is C6H13N3O. The number of primary amides is 1. The lowest BCUT2D eigenvalue weighted by atomic mass is 10.2. The molecule has 3 N–H and O–H groups in total. The van der Waals surface area contributed by atoms with Gasteiger partial charge in [-0.1, -0.05) is 0 Å². The molecule has 0 aliphatic carbocycles. The van der Waals surface area contributed by atoms with Gasteiger partial charge in [0, 0.05) is 19.6 Å². The van der Waals surface area contributed by atoms with Crippen LogP contribution in [0, 0.1) is 0 Å². The average Bonchev–Trinajstić information content (AvgIpc) is 2.36. The maximum Gasteiger partial charge on any atom is 0.314 e. The maximum atomic E-state index is 10.6. The predicted octanol–water partition coefficient (Wildman–Crippen LogP) is -0.641. The predicted molar refractivity (Wildman–Crippen MR) is 38.6 cm³/mol. The number of nitrogens with two attached hydrogens (primary N) is 1. The van der Waals surface area contributed by atoms with Gasteiger partial charge in [0.1, 0.15) is 0 Å². The third-order valence-corrected chi connectivity index (χ3v) is 1.93. The van der Waals surface area contributed by atoms with E-state index in [0.717, 1.165) is 19.5 Å². The highest BCUT2D eigenvalue weighted by atomic mass is 16.2. The van der Waals surface area contributed by atoms with Crippen molar-refractivity contribution in [2.24, 2.45) is 5.73 Å². The molecule has 0 aromatic carbocycles. The smallest absolute Gasteiger partial charge is 0.314 e. The first kappa shape index (κ1) is 7.34. The summed E-state index contributed by atoms with van der Waals surface area (Å²) in [4.78, 5) is 12.2. The number of nitrogens with one attached hydrogen (secondary N) is 1. The molecule has 1 heterocycles. The Balaban J connectivity index is 2.39. The molecule has 4 heteroatoms. The summed E-state index contributed by atoms with van der Waals surface area (Å²) in [6.45, 7) is 1.86. The fourth-order valence-corrected chi connectivity index (χ4v) is 1.15. The summed E-state index contributed by atoms with van der Waals surface area (Å²) in [5.74, 6) is 0. The number of carbonyl (C=O) groups excluding carboxylic acids is 1. The Morgan fingerprint density at radius 3 is 2.90 bits per heavy atom. The van der Waals surface area contributed by atoms with E-state index < -0.39 is 0 Å². The Morgan fingerprint density at radius 2 is 2.50 bits per heavy atom. The average molecular weight is 143 g/mol. The number of carbonyl (C=O) groups is 1. The molecule has 0 unspecified atom stereocenters. The lowest BCUT2D eigenvalue weighted by molar-refractivity contribution is 0.203. The van der Waals surface area contributed by atoms with Crippen LogP contribution in [0.5, 0.6) is 0 Å². The van der Waals surface area contributed by atoms with Crippen molar-refractivity contribution in [1.29, 1.82) is 0 Å². The molecule has 1 aliphatic heterocycles. The number of urea groups is 1. The van der Waals surface area contributed by atoms with Crippen LogP contribution in [-0.2, 0) is 0 Å². The minimum atomic E-state index is -0.339. The second-order valence-electron chi connectivity index (χ2n) is 2.60. The summed E-state index contributed by atoms with van der Waals surface area (Å²) < 4.78 is 0. The Labute approximate surface area is 60.4 Å². The van der Waals surface area contributed by atoms with Gasteiger partial charge < -0.3 is 16.0 Å². The summed E-state index contributed by atoms with van der Waals surface area (Å²) in [6.07, 6.45) is 1.01. The fraction of sp³-hybridized carbons (Fsp3) is 0.833. The number of rotatable bonds is 1. The van der Waals surface area contributed by atoms with E-state index in [2.05, 4.69) is 5.32 Å². The molecule has 0 aromatic rings. The standard InChI is InChI=1S/C6H13N3O/c1-9(6(7)10)5-2-3-8-4-5/h5,8H,2-4H2,1H3,(H2,7,10)/t5-/m1/s1. The minimum absolute atomic E-state index is 0.303. The SMILES string of the molecule is CN(C(N)=O)[C@@H]1CCNC1. The van der Waals surface area contributed by atoms with Crippen LogP contribution >= 0.6 is 0 Å².